The summed E-state index contributed by atoms with van der Waals surface area (Å²) in [6.45, 7) is 0. The van der Waals surface area contributed by atoms with E-state index in [0.717, 1.165) is 34.1 Å². The van der Waals surface area contributed by atoms with Crippen LogP contribution in [-0.4, -0.2) is 15.0 Å². The molecule has 4 fully saturated rings. The first-order valence-electron chi connectivity index (χ1n) is 21.9. The zero-order valence-electron chi connectivity index (χ0n) is 33.4. The lowest BCUT2D eigenvalue weighted by Crippen LogP contribution is -2.55. The van der Waals surface area contributed by atoms with Gasteiger partial charge in [0.25, 0.3) is 0 Å². The number of hydrogen-bond acceptors (Lipinski definition) is 3. The van der Waals surface area contributed by atoms with E-state index in [9.17, 15) is 0 Å². The normalized spacial score (nSPS) is 22.1. The van der Waals surface area contributed by atoms with Crippen molar-refractivity contribution in [3.8, 4) is 67.5 Å². The zero-order chi connectivity index (χ0) is 39.4. The SMILES string of the molecule is c1ccc(-c2ccc(-c3nc(-c4ccccc4)nc(-c4cccc5cccc(-c6ccc7c(c6)C6(c8ccc9ccccc9c8-7)C7CC8CC(C7)CC6C8)c45)n3)cc2)cc1. The molecule has 3 nitrogen and oxygen atoms in total. The van der Waals surface area contributed by atoms with Gasteiger partial charge in [-0.15, -0.1) is 0 Å². The molecule has 14 rings (SSSR count). The van der Waals surface area contributed by atoms with E-state index in [1.54, 1.807) is 11.1 Å². The lowest BCUT2D eigenvalue weighted by atomic mass is 9.43. The van der Waals surface area contributed by atoms with Crippen LogP contribution in [0.3, 0.4) is 0 Å². The third-order valence-corrected chi connectivity index (χ3v) is 14.9. The number of hydrogen-bond donors (Lipinski definition) is 0. The summed E-state index contributed by atoms with van der Waals surface area (Å²) in [4.78, 5) is 15.7. The number of benzene rings is 8. The van der Waals surface area contributed by atoms with Crippen LogP contribution < -0.4 is 0 Å². The molecule has 0 saturated heterocycles. The summed E-state index contributed by atoms with van der Waals surface area (Å²) < 4.78 is 0. The van der Waals surface area contributed by atoms with E-state index >= 15 is 0 Å². The van der Waals surface area contributed by atoms with E-state index in [0.29, 0.717) is 29.3 Å². The van der Waals surface area contributed by atoms with Crippen molar-refractivity contribution in [2.24, 2.45) is 23.7 Å². The van der Waals surface area contributed by atoms with Gasteiger partial charge in [0.2, 0.25) is 0 Å². The fourth-order valence-electron chi connectivity index (χ4n) is 12.7. The predicted molar refractivity (Wildman–Crippen MR) is 245 cm³/mol. The summed E-state index contributed by atoms with van der Waals surface area (Å²) in [5, 5.41) is 5.09. The van der Waals surface area contributed by atoms with Crippen molar-refractivity contribution in [3.63, 3.8) is 0 Å². The van der Waals surface area contributed by atoms with Gasteiger partial charge in [0.15, 0.2) is 17.5 Å². The Morgan fingerprint density at radius 1 is 0.367 bits per heavy atom. The first-order valence-corrected chi connectivity index (χ1v) is 21.9. The van der Waals surface area contributed by atoms with E-state index in [2.05, 4.69) is 158 Å². The van der Waals surface area contributed by atoms with Crippen LogP contribution in [0, 0.1) is 23.7 Å². The molecule has 1 heterocycles. The number of rotatable bonds is 5. The van der Waals surface area contributed by atoms with Gasteiger partial charge in [0.1, 0.15) is 0 Å². The van der Waals surface area contributed by atoms with E-state index in [1.807, 2.05) is 18.2 Å². The second-order valence-electron chi connectivity index (χ2n) is 18.0. The largest absolute Gasteiger partial charge is 0.208 e. The maximum Gasteiger partial charge on any atom is 0.164 e. The number of aromatic nitrogens is 3. The molecule has 0 unspecified atom stereocenters. The molecule has 0 radical (unpaired) electrons. The average molecular weight is 770 g/mol. The molecule has 286 valence electrons. The average Bonchev–Trinajstić information content (AvgIpc) is 3.61. The van der Waals surface area contributed by atoms with E-state index in [-0.39, 0.29) is 5.41 Å². The zero-order valence-corrected chi connectivity index (χ0v) is 33.4. The first kappa shape index (κ1) is 34.2. The molecule has 5 aliphatic rings. The fraction of sp³-hybridized carbons (Fsp3) is 0.175. The highest BCUT2D eigenvalue weighted by Crippen LogP contribution is 2.70. The molecular formula is C57H43N3. The Balaban J connectivity index is 1.00. The second-order valence-corrected chi connectivity index (χ2v) is 18.0. The van der Waals surface area contributed by atoms with Crippen LogP contribution in [0.5, 0.6) is 0 Å². The van der Waals surface area contributed by atoms with Crippen LogP contribution >= 0.6 is 0 Å². The molecule has 3 heteroatoms. The lowest BCUT2D eigenvalue weighted by molar-refractivity contribution is -0.0399. The molecule has 8 aromatic carbocycles. The van der Waals surface area contributed by atoms with Gasteiger partial charge in [-0.3, -0.25) is 0 Å². The lowest BCUT2D eigenvalue weighted by Gasteiger charge is -2.61. The Kier molecular flexibility index (Phi) is 7.49. The van der Waals surface area contributed by atoms with Crippen molar-refractivity contribution in [1.29, 1.82) is 0 Å². The molecule has 0 atom stereocenters. The monoisotopic (exact) mass is 769 g/mol. The van der Waals surface area contributed by atoms with Crippen molar-refractivity contribution >= 4 is 21.5 Å². The highest BCUT2D eigenvalue weighted by molar-refractivity contribution is 6.07. The van der Waals surface area contributed by atoms with Crippen LogP contribution in [0.25, 0.3) is 89.1 Å². The predicted octanol–water partition coefficient (Wildman–Crippen LogP) is 14.2. The van der Waals surface area contributed by atoms with Crippen LogP contribution in [0.1, 0.15) is 43.2 Å². The highest BCUT2D eigenvalue weighted by atomic mass is 15.0. The van der Waals surface area contributed by atoms with Crippen molar-refractivity contribution in [1.82, 2.24) is 15.0 Å². The standard InChI is InChI=1S/C57H43N3/c1-3-11-37(12-4-1)38-21-23-42(24-22-38)55-58-54(41-14-5-2-6-15-41)59-56(60-55)49-20-10-17-40-16-9-19-47(52(40)49)43-25-27-48-51(34-43)57(44-30-35-29-36(32-44)33-45(57)31-35)50-28-26-39-13-7-8-18-46(39)53(48)50/h1-28,34-36,44-45H,29-33H2. The number of fused-ring (bicyclic) bond motifs is 6. The summed E-state index contributed by atoms with van der Waals surface area (Å²) >= 11 is 0. The Bertz CT molecular complexity index is 3120. The maximum atomic E-state index is 5.30. The van der Waals surface area contributed by atoms with Crippen molar-refractivity contribution < 1.29 is 0 Å². The Morgan fingerprint density at radius 2 is 0.917 bits per heavy atom. The van der Waals surface area contributed by atoms with E-state index in [1.165, 1.54) is 81.5 Å². The van der Waals surface area contributed by atoms with Gasteiger partial charge in [-0.1, -0.05) is 170 Å². The summed E-state index contributed by atoms with van der Waals surface area (Å²) in [6, 6.07) is 64.3. The van der Waals surface area contributed by atoms with E-state index < -0.39 is 0 Å². The Hall–Kier alpha value is -6.71. The van der Waals surface area contributed by atoms with Crippen molar-refractivity contribution in [2.75, 3.05) is 0 Å². The van der Waals surface area contributed by atoms with Crippen LogP contribution in [-0.2, 0) is 5.41 Å². The molecule has 1 aromatic heterocycles. The minimum absolute atomic E-state index is 0.0648. The van der Waals surface area contributed by atoms with Gasteiger partial charge in [-0.05, 0) is 123 Å². The quantitative estimate of drug-likeness (QED) is 0.175. The van der Waals surface area contributed by atoms with Gasteiger partial charge in [0.05, 0.1) is 0 Å². The highest BCUT2D eigenvalue weighted by Gasteiger charge is 2.61. The molecule has 0 aliphatic heterocycles. The minimum atomic E-state index is 0.0648. The molecule has 4 saturated carbocycles. The van der Waals surface area contributed by atoms with Crippen molar-refractivity contribution in [2.45, 2.75) is 37.5 Å². The topological polar surface area (TPSA) is 38.7 Å². The third kappa shape index (κ3) is 5.05. The van der Waals surface area contributed by atoms with Gasteiger partial charge in [0, 0.05) is 27.5 Å². The summed E-state index contributed by atoms with van der Waals surface area (Å²) in [7, 11) is 0. The molecule has 4 bridgehead atoms. The molecule has 1 spiro atoms. The first-order chi connectivity index (χ1) is 29.7. The van der Waals surface area contributed by atoms with Crippen LogP contribution in [0.15, 0.2) is 176 Å². The summed E-state index contributed by atoms with van der Waals surface area (Å²) in [5.41, 5.74) is 14.0. The molecule has 0 amide bonds. The number of nitrogens with zero attached hydrogens (tertiary/aromatic N) is 3. The summed E-state index contributed by atoms with van der Waals surface area (Å²) in [6.07, 6.45) is 6.90. The maximum absolute atomic E-state index is 5.30. The van der Waals surface area contributed by atoms with Gasteiger partial charge < -0.3 is 0 Å². The molecule has 5 aliphatic carbocycles. The molecule has 0 N–H and O–H groups in total. The third-order valence-electron chi connectivity index (χ3n) is 14.9. The summed E-state index contributed by atoms with van der Waals surface area (Å²) in [5.74, 6) is 5.18. The van der Waals surface area contributed by atoms with Gasteiger partial charge >= 0.3 is 0 Å². The molecule has 9 aromatic rings. The fourth-order valence-corrected chi connectivity index (χ4v) is 12.7. The Labute approximate surface area is 350 Å². The minimum Gasteiger partial charge on any atom is -0.208 e. The van der Waals surface area contributed by atoms with E-state index in [4.69, 9.17) is 15.0 Å². The second kappa shape index (κ2) is 13.1. The Morgan fingerprint density at radius 3 is 1.63 bits per heavy atom. The van der Waals surface area contributed by atoms with Gasteiger partial charge in [-0.2, -0.15) is 0 Å². The molecular weight excluding hydrogens is 727 g/mol. The smallest absolute Gasteiger partial charge is 0.164 e. The molecule has 60 heavy (non-hydrogen) atoms. The van der Waals surface area contributed by atoms with Crippen LogP contribution in [0.4, 0.5) is 0 Å². The van der Waals surface area contributed by atoms with Crippen molar-refractivity contribution in [3.05, 3.63) is 187 Å². The van der Waals surface area contributed by atoms with Gasteiger partial charge in [-0.25, -0.2) is 15.0 Å². The van der Waals surface area contributed by atoms with Crippen LogP contribution in [0.2, 0.25) is 0 Å².